The van der Waals surface area contributed by atoms with Crippen LogP contribution in [0.4, 0.5) is 15.8 Å². The molecule has 0 atom stereocenters. The Morgan fingerprint density at radius 3 is 2.44 bits per heavy atom. The number of nitrogens with zero attached hydrogens (tertiary/aromatic N) is 1. The van der Waals surface area contributed by atoms with Crippen molar-refractivity contribution in [2.45, 2.75) is 11.8 Å². The van der Waals surface area contributed by atoms with Gasteiger partial charge in [0.25, 0.3) is 11.8 Å². The van der Waals surface area contributed by atoms with Gasteiger partial charge in [-0.05, 0) is 49.4 Å². The molecule has 0 saturated heterocycles. The summed E-state index contributed by atoms with van der Waals surface area (Å²) < 4.78 is 19.3. The summed E-state index contributed by atoms with van der Waals surface area (Å²) in [6.07, 6.45) is 0. The Bertz CT molecular complexity index is 1220. The molecule has 0 fully saturated rings. The van der Waals surface area contributed by atoms with Crippen molar-refractivity contribution in [1.29, 1.82) is 0 Å². The first-order chi connectivity index (χ1) is 15.5. The maximum absolute atomic E-state index is 13.7. The van der Waals surface area contributed by atoms with E-state index in [1.807, 2.05) is 43.3 Å². The molecule has 5 nitrogen and oxygen atoms in total. The highest BCUT2D eigenvalue weighted by Crippen LogP contribution is 2.39. The molecule has 3 aromatic rings. The first-order valence-electron chi connectivity index (χ1n) is 9.79. The van der Waals surface area contributed by atoms with Gasteiger partial charge < -0.3 is 10.1 Å². The molecule has 162 valence electrons. The van der Waals surface area contributed by atoms with Gasteiger partial charge in [0.1, 0.15) is 22.2 Å². The van der Waals surface area contributed by atoms with Crippen molar-refractivity contribution in [3.8, 4) is 5.75 Å². The summed E-state index contributed by atoms with van der Waals surface area (Å²) >= 11 is 7.07. The summed E-state index contributed by atoms with van der Waals surface area (Å²) in [5.41, 5.74) is 0.847. The molecule has 2 amide bonds. The van der Waals surface area contributed by atoms with Crippen LogP contribution < -0.4 is 15.0 Å². The van der Waals surface area contributed by atoms with Crippen molar-refractivity contribution in [2.24, 2.45) is 0 Å². The largest absolute Gasteiger partial charge is 0.492 e. The summed E-state index contributed by atoms with van der Waals surface area (Å²) in [5.74, 6) is -1.18. The zero-order chi connectivity index (χ0) is 22.7. The second-order valence-electron chi connectivity index (χ2n) is 6.72. The van der Waals surface area contributed by atoms with Crippen LogP contribution in [0.25, 0.3) is 0 Å². The number of anilines is 2. The molecule has 0 unspecified atom stereocenters. The lowest BCUT2D eigenvalue weighted by Crippen LogP contribution is -2.32. The fourth-order valence-corrected chi connectivity index (χ4v) is 4.29. The van der Waals surface area contributed by atoms with Gasteiger partial charge in [0.15, 0.2) is 0 Å². The molecule has 0 aromatic heterocycles. The standard InChI is InChI=1S/C24H18ClFN2O3S/c1-2-31-20-11-7-6-10-19(20)27-21-22(32-16-8-4-3-5-9-16)24(30)28(23(21)29)15-12-13-18(26)17(25)14-15/h3-14,27H,2H2,1H3. The van der Waals surface area contributed by atoms with E-state index in [1.54, 1.807) is 18.2 Å². The lowest BCUT2D eigenvalue weighted by atomic mass is 10.2. The molecule has 0 bridgehead atoms. The van der Waals surface area contributed by atoms with Gasteiger partial charge in [0.05, 0.1) is 23.0 Å². The third kappa shape index (κ3) is 4.35. The smallest absolute Gasteiger partial charge is 0.283 e. The number of halogens is 2. The number of para-hydroxylation sites is 2. The molecule has 0 saturated carbocycles. The zero-order valence-corrected chi connectivity index (χ0v) is 18.5. The summed E-state index contributed by atoms with van der Waals surface area (Å²) in [7, 11) is 0. The van der Waals surface area contributed by atoms with Gasteiger partial charge in [-0.25, -0.2) is 9.29 Å². The minimum Gasteiger partial charge on any atom is -0.492 e. The molecular formula is C24H18ClFN2O3S. The van der Waals surface area contributed by atoms with E-state index in [9.17, 15) is 14.0 Å². The number of carbonyl (C=O) groups is 2. The van der Waals surface area contributed by atoms with Gasteiger partial charge in [-0.2, -0.15) is 0 Å². The van der Waals surface area contributed by atoms with Gasteiger partial charge in [-0.15, -0.1) is 0 Å². The maximum atomic E-state index is 13.7. The molecule has 1 aliphatic rings. The minimum absolute atomic E-state index is 0.108. The lowest BCUT2D eigenvalue weighted by Gasteiger charge is -2.16. The van der Waals surface area contributed by atoms with Gasteiger partial charge in [-0.1, -0.05) is 53.7 Å². The number of benzene rings is 3. The van der Waals surface area contributed by atoms with E-state index < -0.39 is 17.6 Å². The number of imide groups is 1. The number of hydrogen-bond acceptors (Lipinski definition) is 5. The number of rotatable bonds is 7. The molecule has 0 spiro atoms. The third-order valence-electron chi connectivity index (χ3n) is 4.61. The number of hydrogen-bond donors (Lipinski definition) is 1. The van der Waals surface area contributed by atoms with E-state index in [2.05, 4.69) is 5.32 Å². The molecule has 3 aromatic carbocycles. The van der Waals surface area contributed by atoms with Gasteiger partial charge >= 0.3 is 0 Å². The highest BCUT2D eigenvalue weighted by Gasteiger charge is 2.40. The van der Waals surface area contributed by atoms with Crippen LogP contribution in [0.2, 0.25) is 5.02 Å². The molecular weight excluding hydrogens is 451 g/mol. The van der Waals surface area contributed by atoms with Crippen molar-refractivity contribution in [3.63, 3.8) is 0 Å². The topological polar surface area (TPSA) is 58.6 Å². The monoisotopic (exact) mass is 468 g/mol. The predicted octanol–water partition coefficient (Wildman–Crippen LogP) is 5.87. The van der Waals surface area contributed by atoms with Gasteiger partial charge in [0.2, 0.25) is 0 Å². The van der Waals surface area contributed by atoms with Crippen molar-refractivity contribution in [1.82, 2.24) is 0 Å². The second kappa shape index (κ2) is 9.46. The number of amides is 2. The summed E-state index contributed by atoms with van der Waals surface area (Å²) in [5, 5.41) is 2.91. The van der Waals surface area contributed by atoms with E-state index in [1.165, 1.54) is 23.9 Å². The Kier molecular flexibility index (Phi) is 6.48. The molecule has 1 heterocycles. The number of carbonyl (C=O) groups excluding carboxylic acids is 2. The summed E-state index contributed by atoms with van der Waals surface area (Å²) in [6.45, 7) is 2.30. The summed E-state index contributed by atoms with van der Waals surface area (Å²) in [4.78, 5) is 28.7. The van der Waals surface area contributed by atoms with Crippen molar-refractivity contribution in [3.05, 3.63) is 94.2 Å². The predicted molar refractivity (Wildman–Crippen MR) is 124 cm³/mol. The average molecular weight is 469 g/mol. The van der Waals surface area contributed by atoms with Crippen LogP contribution in [-0.2, 0) is 9.59 Å². The first-order valence-corrected chi connectivity index (χ1v) is 11.0. The Morgan fingerprint density at radius 2 is 1.72 bits per heavy atom. The highest BCUT2D eigenvalue weighted by molar-refractivity contribution is 8.04. The highest BCUT2D eigenvalue weighted by atomic mass is 35.5. The number of thioether (sulfide) groups is 1. The van der Waals surface area contributed by atoms with E-state index in [-0.39, 0.29) is 21.3 Å². The fraction of sp³-hybridized carbons (Fsp3) is 0.0833. The quantitative estimate of drug-likeness (QED) is 0.440. The number of nitrogens with one attached hydrogen (secondary N) is 1. The Labute approximate surface area is 193 Å². The molecule has 32 heavy (non-hydrogen) atoms. The SMILES string of the molecule is CCOc1ccccc1NC1=C(Sc2ccccc2)C(=O)N(c2ccc(F)c(Cl)c2)C1=O. The minimum atomic E-state index is -0.634. The molecule has 8 heteroatoms. The van der Waals surface area contributed by atoms with Crippen molar-refractivity contribution in [2.75, 3.05) is 16.8 Å². The molecule has 4 rings (SSSR count). The Hall–Kier alpha value is -3.29. The first kappa shape index (κ1) is 21.9. The average Bonchev–Trinajstić information content (AvgIpc) is 3.02. The van der Waals surface area contributed by atoms with Gasteiger partial charge in [0, 0.05) is 4.90 Å². The van der Waals surface area contributed by atoms with E-state index in [0.29, 0.717) is 18.0 Å². The molecule has 1 N–H and O–H groups in total. The molecule has 0 radical (unpaired) electrons. The van der Waals surface area contributed by atoms with E-state index in [4.69, 9.17) is 16.3 Å². The van der Waals surface area contributed by atoms with E-state index in [0.717, 1.165) is 15.9 Å². The van der Waals surface area contributed by atoms with Crippen LogP contribution in [-0.4, -0.2) is 18.4 Å². The fourth-order valence-electron chi connectivity index (χ4n) is 3.17. The maximum Gasteiger partial charge on any atom is 0.283 e. The van der Waals surface area contributed by atoms with Crippen LogP contribution >= 0.6 is 23.4 Å². The normalized spacial score (nSPS) is 13.7. The Morgan fingerprint density at radius 1 is 1.00 bits per heavy atom. The van der Waals surface area contributed by atoms with Crippen LogP contribution in [0.1, 0.15) is 6.92 Å². The Balaban J connectivity index is 1.77. The third-order valence-corrected chi connectivity index (χ3v) is 5.99. The summed E-state index contributed by atoms with van der Waals surface area (Å²) in [6, 6.07) is 20.1. The van der Waals surface area contributed by atoms with Crippen molar-refractivity contribution < 1.29 is 18.7 Å². The van der Waals surface area contributed by atoms with Gasteiger partial charge in [-0.3, -0.25) is 9.59 Å². The van der Waals surface area contributed by atoms with Crippen LogP contribution in [0, 0.1) is 5.82 Å². The van der Waals surface area contributed by atoms with Crippen LogP contribution in [0.3, 0.4) is 0 Å². The zero-order valence-electron chi connectivity index (χ0n) is 17.0. The van der Waals surface area contributed by atoms with Crippen LogP contribution in [0.15, 0.2) is 88.3 Å². The van der Waals surface area contributed by atoms with Crippen LogP contribution in [0.5, 0.6) is 5.75 Å². The van der Waals surface area contributed by atoms with Crippen molar-refractivity contribution >= 4 is 46.6 Å². The molecule has 0 aliphatic carbocycles. The second-order valence-corrected chi connectivity index (χ2v) is 8.21. The lowest BCUT2D eigenvalue weighted by molar-refractivity contribution is -0.120. The number of ether oxygens (including phenoxy) is 1. The van der Waals surface area contributed by atoms with E-state index >= 15 is 0 Å². The molecule has 1 aliphatic heterocycles.